The van der Waals surface area contributed by atoms with Gasteiger partial charge in [-0.3, -0.25) is 9.59 Å². The summed E-state index contributed by atoms with van der Waals surface area (Å²) >= 11 is 1.32. The van der Waals surface area contributed by atoms with Crippen LogP contribution in [-0.4, -0.2) is 31.3 Å². The molecule has 3 rings (SSSR count). The van der Waals surface area contributed by atoms with Crippen molar-refractivity contribution in [3.63, 3.8) is 0 Å². The molecule has 0 saturated carbocycles. The number of carbonyl (C=O) groups is 2. The summed E-state index contributed by atoms with van der Waals surface area (Å²) in [4.78, 5) is 27.7. The van der Waals surface area contributed by atoms with E-state index >= 15 is 0 Å². The number of ether oxygens (including phenoxy) is 2. The number of amides is 2. The number of imide groups is 1. The SMILES string of the molecule is COc1ccc(C2=C(SC(C)C)C(=O)N(c3ccc(F)cc3)C2=O)cc1OC. The van der Waals surface area contributed by atoms with Crippen LogP contribution >= 0.6 is 11.8 Å². The number of hydrogen-bond donors (Lipinski definition) is 0. The smallest absolute Gasteiger partial charge is 0.272 e. The first kappa shape index (κ1) is 19.9. The van der Waals surface area contributed by atoms with Gasteiger partial charge in [-0.15, -0.1) is 11.8 Å². The number of methoxy groups -OCH3 is 2. The van der Waals surface area contributed by atoms with Gasteiger partial charge in [-0.2, -0.15) is 0 Å². The summed E-state index contributed by atoms with van der Waals surface area (Å²) in [6.07, 6.45) is 0. The van der Waals surface area contributed by atoms with Gasteiger partial charge in [-0.25, -0.2) is 9.29 Å². The summed E-state index contributed by atoms with van der Waals surface area (Å²) in [6, 6.07) is 10.4. The lowest BCUT2D eigenvalue weighted by atomic mass is 10.1. The Kier molecular flexibility index (Phi) is 5.74. The first-order chi connectivity index (χ1) is 13.4. The molecule has 2 aromatic carbocycles. The highest BCUT2D eigenvalue weighted by atomic mass is 32.2. The molecule has 0 fully saturated rings. The molecule has 0 radical (unpaired) electrons. The van der Waals surface area contributed by atoms with Crippen molar-refractivity contribution in [2.24, 2.45) is 0 Å². The molecule has 28 heavy (non-hydrogen) atoms. The van der Waals surface area contributed by atoms with Crippen LogP contribution in [0.3, 0.4) is 0 Å². The zero-order valence-corrected chi connectivity index (χ0v) is 16.8. The molecule has 0 atom stereocenters. The molecule has 0 aromatic heterocycles. The van der Waals surface area contributed by atoms with Crippen LogP contribution in [0.5, 0.6) is 11.5 Å². The molecular formula is C21H20FNO4S. The summed E-state index contributed by atoms with van der Waals surface area (Å²) in [5, 5.41) is 0.0926. The molecule has 0 N–H and O–H groups in total. The standard InChI is InChI=1S/C21H20FNO4S/c1-12(2)28-19-18(13-5-10-16(26-3)17(11-13)27-4)20(24)23(21(19)25)15-8-6-14(22)7-9-15/h5-12H,1-4H3. The van der Waals surface area contributed by atoms with E-state index in [0.717, 1.165) is 4.90 Å². The summed E-state index contributed by atoms with van der Waals surface area (Å²) in [5.74, 6) is -0.321. The van der Waals surface area contributed by atoms with E-state index in [1.54, 1.807) is 18.2 Å². The molecule has 0 unspecified atom stereocenters. The lowest BCUT2D eigenvalue weighted by molar-refractivity contribution is -0.119. The molecule has 5 nitrogen and oxygen atoms in total. The van der Waals surface area contributed by atoms with Gasteiger partial charge in [-0.05, 0) is 42.0 Å². The normalized spacial score (nSPS) is 14.3. The third kappa shape index (κ3) is 3.62. The molecular weight excluding hydrogens is 381 g/mol. The van der Waals surface area contributed by atoms with Crippen LogP contribution in [0.25, 0.3) is 5.57 Å². The molecule has 0 bridgehead atoms. The third-order valence-electron chi connectivity index (χ3n) is 4.15. The second-order valence-electron chi connectivity index (χ2n) is 6.36. The highest BCUT2D eigenvalue weighted by Crippen LogP contribution is 2.41. The Bertz CT molecular complexity index is 953. The number of carbonyl (C=O) groups excluding carboxylic acids is 2. The molecule has 146 valence electrons. The molecule has 1 aliphatic rings. The first-order valence-corrected chi connectivity index (χ1v) is 9.53. The maximum atomic E-state index is 13.3. The quantitative estimate of drug-likeness (QED) is 0.677. The third-order valence-corrected chi connectivity index (χ3v) is 5.24. The van der Waals surface area contributed by atoms with E-state index in [1.165, 1.54) is 50.2 Å². The zero-order chi connectivity index (χ0) is 20.4. The fourth-order valence-electron chi connectivity index (χ4n) is 2.93. The lowest BCUT2D eigenvalue weighted by Gasteiger charge is -2.15. The summed E-state index contributed by atoms with van der Waals surface area (Å²) in [6.45, 7) is 3.89. The second kappa shape index (κ2) is 8.06. The van der Waals surface area contributed by atoms with Crippen LogP contribution in [0.15, 0.2) is 47.4 Å². The van der Waals surface area contributed by atoms with Gasteiger partial charge in [0.05, 0.1) is 30.4 Å². The van der Waals surface area contributed by atoms with Crippen molar-refractivity contribution in [2.45, 2.75) is 19.1 Å². The minimum atomic E-state index is -0.452. The predicted molar refractivity (Wildman–Crippen MR) is 108 cm³/mol. The summed E-state index contributed by atoms with van der Waals surface area (Å²) in [7, 11) is 3.03. The van der Waals surface area contributed by atoms with Gasteiger partial charge in [0, 0.05) is 5.25 Å². The van der Waals surface area contributed by atoms with E-state index in [-0.39, 0.29) is 5.25 Å². The van der Waals surface area contributed by atoms with E-state index in [0.29, 0.717) is 33.2 Å². The largest absolute Gasteiger partial charge is 0.493 e. The Labute approximate surface area is 167 Å². The molecule has 0 saturated heterocycles. The van der Waals surface area contributed by atoms with Crippen LogP contribution in [0.1, 0.15) is 19.4 Å². The van der Waals surface area contributed by atoms with Crippen molar-refractivity contribution < 1.29 is 23.5 Å². The Morgan fingerprint density at radius 2 is 1.57 bits per heavy atom. The molecule has 0 aliphatic carbocycles. The van der Waals surface area contributed by atoms with Gasteiger partial charge in [0.2, 0.25) is 0 Å². The van der Waals surface area contributed by atoms with Gasteiger partial charge in [0.15, 0.2) is 11.5 Å². The average molecular weight is 401 g/mol. The van der Waals surface area contributed by atoms with Crippen molar-refractivity contribution in [3.05, 3.63) is 58.8 Å². The van der Waals surface area contributed by atoms with Crippen LogP contribution in [0.4, 0.5) is 10.1 Å². The van der Waals surface area contributed by atoms with Crippen molar-refractivity contribution in [1.29, 1.82) is 0 Å². The number of halogens is 1. The molecule has 2 aromatic rings. The van der Waals surface area contributed by atoms with Gasteiger partial charge in [-0.1, -0.05) is 19.9 Å². The van der Waals surface area contributed by atoms with E-state index in [2.05, 4.69) is 0 Å². The zero-order valence-electron chi connectivity index (χ0n) is 16.0. The number of nitrogens with zero attached hydrogens (tertiary/aromatic N) is 1. The fourth-order valence-corrected chi connectivity index (χ4v) is 3.91. The van der Waals surface area contributed by atoms with Crippen molar-refractivity contribution in [3.8, 4) is 11.5 Å². The molecule has 2 amide bonds. The maximum absolute atomic E-state index is 13.3. The van der Waals surface area contributed by atoms with Crippen molar-refractivity contribution in [2.75, 3.05) is 19.1 Å². The Balaban J connectivity index is 2.12. The van der Waals surface area contributed by atoms with Crippen molar-refractivity contribution >= 4 is 34.8 Å². The second-order valence-corrected chi connectivity index (χ2v) is 7.95. The monoisotopic (exact) mass is 401 g/mol. The number of thioether (sulfide) groups is 1. The highest BCUT2D eigenvalue weighted by molar-refractivity contribution is 8.04. The van der Waals surface area contributed by atoms with Crippen LogP contribution in [0.2, 0.25) is 0 Å². The molecule has 0 spiro atoms. The minimum absolute atomic E-state index is 0.0926. The molecule has 1 heterocycles. The topological polar surface area (TPSA) is 55.8 Å². The fraction of sp³-hybridized carbons (Fsp3) is 0.238. The predicted octanol–water partition coefficient (Wildman–Crippen LogP) is 4.27. The molecule has 1 aliphatic heterocycles. The Morgan fingerprint density at radius 3 is 2.14 bits per heavy atom. The number of hydrogen-bond acceptors (Lipinski definition) is 5. The first-order valence-electron chi connectivity index (χ1n) is 8.65. The highest BCUT2D eigenvalue weighted by Gasteiger charge is 2.40. The maximum Gasteiger partial charge on any atom is 0.272 e. The van der Waals surface area contributed by atoms with E-state index in [9.17, 15) is 14.0 Å². The van der Waals surface area contributed by atoms with Crippen LogP contribution in [-0.2, 0) is 9.59 Å². The van der Waals surface area contributed by atoms with Crippen molar-refractivity contribution in [1.82, 2.24) is 0 Å². The van der Waals surface area contributed by atoms with Gasteiger partial charge in [0.1, 0.15) is 5.82 Å². The minimum Gasteiger partial charge on any atom is -0.493 e. The number of anilines is 1. The van der Waals surface area contributed by atoms with Gasteiger partial charge in [0.25, 0.3) is 11.8 Å². The summed E-state index contributed by atoms with van der Waals surface area (Å²) < 4.78 is 23.9. The average Bonchev–Trinajstić information content (AvgIpc) is 2.91. The van der Waals surface area contributed by atoms with E-state index < -0.39 is 17.6 Å². The van der Waals surface area contributed by atoms with E-state index in [4.69, 9.17) is 9.47 Å². The van der Waals surface area contributed by atoms with Gasteiger partial charge < -0.3 is 9.47 Å². The molecule has 7 heteroatoms. The van der Waals surface area contributed by atoms with Crippen LogP contribution in [0, 0.1) is 5.82 Å². The number of benzene rings is 2. The van der Waals surface area contributed by atoms with Crippen LogP contribution < -0.4 is 14.4 Å². The van der Waals surface area contributed by atoms with Gasteiger partial charge >= 0.3 is 0 Å². The lowest BCUT2D eigenvalue weighted by Crippen LogP contribution is -2.31. The Morgan fingerprint density at radius 1 is 0.929 bits per heavy atom. The number of rotatable bonds is 6. The Hall–Kier alpha value is -2.80. The van der Waals surface area contributed by atoms with E-state index in [1.807, 2.05) is 13.8 Å². The summed E-state index contributed by atoms with van der Waals surface area (Å²) in [5.41, 5.74) is 1.19.